The molecule has 2 atom stereocenters. The molecular weight excluding hydrogens is 312 g/mol. The number of fused-ring (bicyclic) bond motifs is 3. The first kappa shape index (κ1) is 16.5. The standard InChI is InChI=1S/C17H24N2O3S/c1-17-11-7-6-10-15(17)19(14-9-5-4-8-13(14)17)16(20)12-18(2)23(3,21)22/h4-5,8-9,15H,6-7,10-12H2,1-3H3/t15-,17-/m0/s1. The fraction of sp³-hybridized carbons (Fsp3) is 0.588. The summed E-state index contributed by atoms with van der Waals surface area (Å²) in [5.74, 6) is -0.138. The highest BCUT2D eigenvalue weighted by Crippen LogP contribution is 2.51. The first-order valence-electron chi connectivity index (χ1n) is 8.08. The van der Waals surface area contributed by atoms with Crippen LogP contribution < -0.4 is 4.90 Å². The van der Waals surface area contributed by atoms with Gasteiger partial charge in [-0.05, 0) is 24.5 Å². The Bertz CT molecular complexity index is 731. The van der Waals surface area contributed by atoms with Gasteiger partial charge < -0.3 is 4.90 Å². The second kappa shape index (κ2) is 5.60. The second-order valence-corrected chi connectivity index (χ2v) is 9.07. The lowest BCUT2D eigenvalue weighted by Gasteiger charge is -2.40. The zero-order chi connectivity index (χ0) is 16.8. The van der Waals surface area contributed by atoms with Crippen LogP contribution in [0, 0.1) is 0 Å². The van der Waals surface area contributed by atoms with E-state index in [9.17, 15) is 13.2 Å². The van der Waals surface area contributed by atoms with Gasteiger partial charge in [0.25, 0.3) is 0 Å². The van der Waals surface area contributed by atoms with Crippen molar-refractivity contribution < 1.29 is 13.2 Å². The molecule has 6 heteroatoms. The van der Waals surface area contributed by atoms with Crippen LogP contribution in [0.5, 0.6) is 0 Å². The number of anilines is 1. The molecule has 126 valence electrons. The van der Waals surface area contributed by atoms with Gasteiger partial charge in [0.1, 0.15) is 0 Å². The van der Waals surface area contributed by atoms with E-state index in [0.717, 1.165) is 35.5 Å². The van der Waals surface area contributed by atoms with Crippen LogP contribution in [-0.4, -0.2) is 44.5 Å². The van der Waals surface area contributed by atoms with E-state index in [0.29, 0.717) is 0 Å². The molecule has 1 aliphatic carbocycles. The summed E-state index contributed by atoms with van der Waals surface area (Å²) >= 11 is 0. The summed E-state index contributed by atoms with van der Waals surface area (Å²) in [6, 6.07) is 8.19. The third-order valence-corrected chi connectivity index (χ3v) is 6.70. The lowest BCUT2D eigenvalue weighted by atomic mass is 9.69. The molecule has 2 aliphatic rings. The predicted octanol–water partition coefficient (Wildman–Crippen LogP) is 2.12. The fourth-order valence-corrected chi connectivity index (χ4v) is 4.41. The number of benzene rings is 1. The number of nitrogens with zero attached hydrogens (tertiary/aromatic N) is 2. The van der Waals surface area contributed by atoms with Gasteiger partial charge in [-0.25, -0.2) is 8.42 Å². The maximum absolute atomic E-state index is 12.9. The van der Waals surface area contributed by atoms with Crippen molar-refractivity contribution in [1.82, 2.24) is 4.31 Å². The van der Waals surface area contributed by atoms with E-state index >= 15 is 0 Å². The molecule has 1 aromatic rings. The van der Waals surface area contributed by atoms with Crippen molar-refractivity contribution in [3.63, 3.8) is 0 Å². The van der Waals surface area contributed by atoms with Crippen LogP contribution in [0.15, 0.2) is 24.3 Å². The van der Waals surface area contributed by atoms with Gasteiger partial charge in [-0.1, -0.05) is 38.0 Å². The van der Waals surface area contributed by atoms with Crippen LogP contribution in [-0.2, 0) is 20.2 Å². The van der Waals surface area contributed by atoms with Crippen LogP contribution in [0.3, 0.4) is 0 Å². The van der Waals surface area contributed by atoms with Gasteiger partial charge in [-0.15, -0.1) is 0 Å². The Hall–Kier alpha value is -1.40. The third kappa shape index (κ3) is 2.68. The molecule has 0 radical (unpaired) electrons. The highest BCUT2D eigenvalue weighted by atomic mass is 32.2. The zero-order valence-electron chi connectivity index (χ0n) is 13.9. The largest absolute Gasteiger partial charge is 0.307 e. The quantitative estimate of drug-likeness (QED) is 0.849. The maximum atomic E-state index is 12.9. The van der Waals surface area contributed by atoms with Crippen molar-refractivity contribution in [3.8, 4) is 0 Å². The molecule has 1 heterocycles. The topological polar surface area (TPSA) is 57.7 Å². The van der Waals surface area contributed by atoms with Crippen LogP contribution in [0.4, 0.5) is 5.69 Å². The number of likely N-dealkylation sites (N-methyl/N-ethyl adjacent to an activating group) is 1. The second-order valence-electron chi connectivity index (χ2n) is 6.98. The molecule has 0 spiro atoms. The van der Waals surface area contributed by atoms with E-state index in [4.69, 9.17) is 0 Å². The number of carbonyl (C=O) groups is 1. The van der Waals surface area contributed by atoms with Crippen molar-refractivity contribution in [2.75, 3.05) is 24.7 Å². The zero-order valence-corrected chi connectivity index (χ0v) is 14.8. The minimum Gasteiger partial charge on any atom is -0.307 e. The summed E-state index contributed by atoms with van der Waals surface area (Å²) in [4.78, 5) is 14.7. The molecule has 0 N–H and O–H groups in total. The molecule has 1 saturated carbocycles. The van der Waals surface area contributed by atoms with Gasteiger partial charge in [0, 0.05) is 24.2 Å². The van der Waals surface area contributed by atoms with Gasteiger partial charge in [0.15, 0.2) is 0 Å². The van der Waals surface area contributed by atoms with E-state index in [-0.39, 0.29) is 23.9 Å². The normalized spacial score (nSPS) is 27.0. The van der Waals surface area contributed by atoms with Gasteiger partial charge in [0.2, 0.25) is 15.9 Å². The molecule has 1 fully saturated rings. The number of hydrogen-bond donors (Lipinski definition) is 0. The smallest absolute Gasteiger partial charge is 0.242 e. The maximum Gasteiger partial charge on any atom is 0.242 e. The van der Waals surface area contributed by atoms with Crippen molar-refractivity contribution >= 4 is 21.6 Å². The van der Waals surface area contributed by atoms with Crippen molar-refractivity contribution in [1.29, 1.82) is 0 Å². The summed E-state index contributed by atoms with van der Waals surface area (Å²) < 4.78 is 24.4. The van der Waals surface area contributed by atoms with E-state index in [1.165, 1.54) is 19.0 Å². The van der Waals surface area contributed by atoms with Crippen molar-refractivity contribution in [3.05, 3.63) is 29.8 Å². The Morgan fingerprint density at radius 1 is 1.35 bits per heavy atom. The Kier molecular flexibility index (Phi) is 4.01. The molecule has 1 aliphatic heterocycles. The predicted molar refractivity (Wildman–Crippen MR) is 91.0 cm³/mol. The lowest BCUT2D eigenvalue weighted by Crippen LogP contribution is -2.50. The Morgan fingerprint density at radius 3 is 2.74 bits per heavy atom. The monoisotopic (exact) mass is 336 g/mol. The van der Waals surface area contributed by atoms with Gasteiger partial charge in [-0.3, -0.25) is 4.79 Å². The molecule has 5 nitrogen and oxygen atoms in total. The van der Waals surface area contributed by atoms with E-state index in [1.807, 2.05) is 23.1 Å². The number of amides is 1. The lowest BCUT2D eigenvalue weighted by molar-refractivity contribution is -0.119. The molecule has 0 bridgehead atoms. The first-order valence-corrected chi connectivity index (χ1v) is 9.93. The van der Waals surface area contributed by atoms with Gasteiger partial charge in [-0.2, -0.15) is 4.31 Å². The van der Waals surface area contributed by atoms with Crippen molar-refractivity contribution in [2.45, 2.75) is 44.1 Å². The van der Waals surface area contributed by atoms with Crippen LogP contribution in [0.1, 0.15) is 38.2 Å². The highest BCUT2D eigenvalue weighted by Gasteiger charge is 2.50. The molecule has 0 saturated heterocycles. The number of rotatable bonds is 3. The number of para-hydroxylation sites is 1. The van der Waals surface area contributed by atoms with Crippen LogP contribution in [0.2, 0.25) is 0 Å². The average molecular weight is 336 g/mol. The van der Waals surface area contributed by atoms with Crippen molar-refractivity contribution in [2.24, 2.45) is 0 Å². The molecule has 3 rings (SSSR count). The van der Waals surface area contributed by atoms with E-state index < -0.39 is 10.0 Å². The molecular formula is C17H24N2O3S. The first-order chi connectivity index (χ1) is 10.7. The van der Waals surface area contributed by atoms with Crippen LogP contribution >= 0.6 is 0 Å². The molecule has 0 unspecified atom stereocenters. The molecule has 1 aromatic carbocycles. The molecule has 0 aromatic heterocycles. The van der Waals surface area contributed by atoms with Gasteiger partial charge >= 0.3 is 0 Å². The fourth-order valence-electron chi connectivity index (χ4n) is 4.07. The Labute approximate surface area is 138 Å². The summed E-state index contributed by atoms with van der Waals surface area (Å²) in [6.07, 6.45) is 5.45. The number of sulfonamides is 1. The summed E-state index contributed by atoms with van der Waals surface area (Å²) in [5.41, 5.74) is 2.16. The third-order valence-electron chi connectivity index (χ3n) is 5.44. The highest BCUT2D eigenvalue weighted by molar-refractivity contribution is 7.88. The summed E-state index contributed by atoms with van der Waals surface area (Å²) in [6.45, 7) is 2.13. The Balaban J connectivity index is 1.97. The molecule has 23 heavy (non-hydrogen) atoms. The number of carbonyl (C=O) groups excluding carboxylic acids is 1. The van der Waals surface area contributed by atoms with Gasteiger partial charge in [0.05, 0.1) is 12.8 Å². The minimum absolute atomic E-state index is 0.0197. The SMILES string of the molecule is CN(CC(=O)N1c2ccccc2[C@]2(C)CCCC[C@H]12)S(C)(=O)=O. The minimum atomic E-state index is -3.36. The average Bonchev–Trinajstić information content (AvgIpc) is 2.75. The summed E-state index contributed by atoms with van der Waals surface area (Å²) in [7, 11) is -1.91. The number of hydrogen-bond acceptors (Lipinski definition) is 3. The van der Waals surface area contributed by atoms with E-state index in [2.05, 4.69) is 13.0 Å². The van der Waals surface area contributed by atoms with E-state index in [1.54, 1.807) is 0 Å². The Morgan fingerprint density at radius 2 is 2.04 bits per heavy atom. The molecule has 1 amide bonds. The van der Waals surface area contributed by atoms with Crippen LogP contribution in [0.25, 0.3) is 0 Å². The summed E-state index contributed by atoms with van der Waals surface area (Å²) in [5, 5.41) is 0.